The van der Waals surface area contributed by atoms with E-state index in [1.807, 2.05) is 13.0 Å². The second-order valence-corrected chi connectivity index (χ2v) is 6.01. The summed E-state index contributed by atoms with van der Waals surface area (Å²) in [6.07, 6.45) is 3.90. The van der Waals surface area contributed by atoms with Crippen molar-refractivity contribution in [3.8, 4) is 11.3 Å². The number of hydrazone groups is 1. The first kappa shape index (κ1) is 24.4. The van der Waals surface area contributed by atoms with Crippen LogP contribution in [0.2, 0.25) is 0 Å². The number of aromatic nitrogens is 3. The first-order chi connectivity index (χ1) is 14.4. The van der Waals surface area contributed by atoms with Crippen molar-refractivity contribution in [2.75, 3.05) is 12.1 Å². The molecule has 0 bridgehead atoms. The standard InChI is InChI=1S/C12H9F2N2.C8H6F2N4.Ir/c1-2-8-5-6-15-10(7-8)9-3-4-11(13)16-12(9)14;1-13-4-11-14(5-13)6-2-3-7(9)12-8(6)10;/h4-7H,2H2,1H3;3-5H,1H3;/q-1;-2;+3. The summed E-state index contributed by atoms with van der Waals surface area (Å²) < 4.78 is 51.5. The number of halogens is 4. The number of hydrogen-bond acceptors (Lipinski definition) is 6. The van der Waals surface area contributed by atoms with Crippen LogP contribution in [0.3, 0.4) is 0 Å². The van der Waals surface area contributed by atoms with Crippen LogP contribution in [-0.4, -0.2) is 33.2 Å². The van der Waals surface area contributed by atoms with Gasteiger partial charge in [0, 0.05) is 6.20 Å². The molecule has 0 amide bonds. The molecular weight excluding hydrogens is 592 g/mol. The molecular formula is C20H15F4IrN6. The zero-order chi connectivity index (χ0) is 21.7. The molecule has 0 saturated heterocycles. The third-order valence-electron chi connectivity index (χ3n) is 3.84. The average Bonchev–Trinajstić information content (AvgIpc) is 3.14. The van der Waals surface area contributed by atoms with Crippen molar-refractivity contribution < 1.29 is 37.7 Å². The van der Waals surface area contributed by atoms with Gasteiger partial charge in [0.25, 0.3) is 0 Å². The van der Waals surface area contributed by atoms with Crippen LogP contribution in [0.15, 0.2) is 35.6 Å². The van der Waals surface area contributed by atoms with Crippen LogP contribution in [-0.2, 0) is 26.5 Å². The summed E-state index contributed by atoms with van der Waals surface area (Å²) in [5.74, 6) is -3.61. The number of rotatable bonds is 3. The van der Waals surface area contributed by atoms with Crippen LogP contribution in [0.25, 0.3) is 11.3 Å². The molecule has 11 heteroatoms. The smallest absolute Gasteiger partial charge is 0.493 e. The predicted octanol–water partition coefficient (Wildman–Crippen LogP) is 3.76. The Labute approximate surface area is 190 Å². The topological polar surface area (TPSA) is 57.5 Å². The van der Waals surface area contributed by atoms with Gasteiger partial charge in [-0.2, -0.15) is 11.2 Å². The molecule has 0 spiro atoms. The largest absolute Gasteiger partial charge is 3.00 e. The minimum Gasteiger partial charge on any atom is -0.493 e. The molecule has 4 rings (SSSR count). The maximum absolute atomic E-state index is 13.3. The van der Waals surface area contributed by atoms with Gasteiger partial charge < -0.3 is 19.9 Å². The van der Waals surface area contributed by atoms with Crippen molar-refractivity contribution in [1.29, 1.82) is 0 Å². The van der Waals surface area contributed by atoms with Crippen LogP contribution in [0, 0.1) is 42.6 Å². The van der Waals surface area contributed by atoms with Gasteiger partial charge in [-0.15, -0.1) is 18.8 Å². The fourth-order valence-corrected chi connectivity index (χ4v) is 2.40. The summed E-state index contributed by atoms with van der Waals surface area (Å²) in [6.45, 7) is 3.51. The number of anilines is 1. The van der Waals surface area contributed by atoms with Gasteiger partial charge in [0.15, 0.2) is 0 Å². The van der Waals surface area contributed by atoms with E-state index in [-0.39, 0.29) is 31.4 Å². The Kier molecular flexibility index (Phi) is 8.58. The molecule has 0 unspecified atom stereocenters. The van der Waals surface area contributed by atoms with Gasteiger partial charge in [-0.3, -0.25) is 13.8 Å². The second-order valence-electron chi connectivity index (χ2n) is 6.01. The summed E-state index contributed by atoms with van der Waals surface area (Å²) in [5, 5.41) is 5.05. The number of nitrogens with zero attached hydrogens (tertiary/aromatic N) is 6. The Morgan fingerprint density at radius 3 is 2.29 bits per heavy atom. The molecule has 3 aromatic rings. The molecule has 0 atom stereocenters. The third kappa shape index (κ3) is 6.28. The first-order valence-electron chi connectivity index (χ1n) is 8.70. The van der Waals surface area contributed by atoms with E-state index in [1.165, 1.54) is 18.0 Å². The van der Waals surface area contributed by atoms with Crippen LogP contribution < -0.4 is 5.01 Å². The minimum absolute atomic E-state index is 0. The monoisotopic (exact) mass is 608 g/mol. The zero-order valence-electron chi connectivity index (χ0n) is 16.3. The molecule has 0 radical (unpaired) electrons. The van der Waals surface area contributed by atoms with E-state index in [0.29, 0.717) is 5.69 Å². The molecule has 3 aromatic heterocycles. The van der Waals surface area contributed by atoms with Crippen molar-refractivity contribution in [2.45, 2.75) is 13.3 Å². The minimum atomic E-state index is -0.936. The third-order valence-corrected chi connectivity index (χ3v) is 3.84. The molecule has 1 aliphatic heterocycles. The maximum atomic E-state index is 13.3. The van der Waals surface area contributed by atoms with Crippen LogP contribution >= 0.6 is 0 Å². The van der Waals surface area contributed by atoms with Gasteiger partial charge in [0.2, 0.25) is 0 Å². The maximum Gasteiger partial charge on any atom is 3.00 e. The van der Waals surface area contributed by atoms with Crippen LogP contribution in [0.5, 0.6) is 0 Å². The molecule has 0 saturated carbocycles. The van der Waals surface area contributed by atoms with E-state index in [1.54, 1.807) is 24.2 Å². The Morgan fingerprint density at radius 2 is 1.71 bits per heavy atom. The van der Waals surface area contributed by atoms with Crippen molar-refractivity contribution in [2.24, 2.45) is 5.10 Å². The summed E-state index contributed by atoms with van der Waals surface area (Å²) in [5.41, 5.74) is 1.54. The Balaban J connectivity index is 0.000000215. The van der Waals surface area contributed by atoms with E-state index in [9.17, 15) is 17.6 Å². The predicted molar refractivity (Wildman–Crippen MR) is 102 cm³/mol. The Bertz CT molecular complexity index is 1070. The van der Waals surface area contributed by atoms with E-state index >= 15 is 0 Å². The van der Waals surface area contributed by atoms with Crippen molar-refractivity contribution in [3.05, 3.63) is 78.6 Å². The molecule has 0 N–H and O–H groups in total. The molecule has 31 heavy (non-hydrogen) atoms. The van der Waals surface area contributed by atoms with Gasteiger partial charge >= 0.3 is 20.1 Å². The van der Waals surface area contributed by atoms with Crippen molar-refractivity contribution in [3.63, 3.8) is 0 Å². The normalized spacial score (nSPS) is 12.3. The Morgan fingerprint density at radius 1 is 1.03 bits per heavy atom. The molecule has 0 fully saturated rings. The van der Waals surface area contributed by atoms with Gasteiger partial charge in [-0.1, -0.05) is 30.2 Å². The molecule has 0 aromatic carbocycles. The van der Waals surface area contributed by atoms with Crippen LogP contribution in [0.1, 0.15) is 12.5 Å². The molecule has 4 heterocycles. The number of aryl methyl sites for hydroxylation is 1. The second kappa shape index (κ2) is 10.9. The van der Waals surface area contributed by atoms with Gasteiger partial charge in [-0.25, -0.2) is 8.78 Å². The van der Waals surface area contributed by atoms with E-state index in [0.717, 1.165) is 24.1 Å². The van der Waals surface area contributed by atoms with Gasteiger partial charge in [-0.05, 0) is 30.9 Å². The van der Waals surface area contributed by atoms with Crippen molar-refractivity contribution >= 4 is 12.0 Å². The van der Waals surface area contributed by atoms with Gasteiger partial charge in [0.05, 0.1) is 12.3 Å². The first-order valence-corrected chi connectivity index (χ1v) is 8.70. The average molecular weight is 608 g/mol. The summed E-state index contributed by atoms with van der Waals surface area (Å²) >= 11 is 0. The van der Waals surface area contributed by atoms with E-state index < -0.39 is 23.8 Å². The van der Waals surface area contributed by atoms with Gasteiger partial charge in [0.1, 0.15) is 17.8 Å². The number of pyridine rings is 3. The fraction of sp³-hybridized carbons (Fsp3) is 0.150. The molecule has 162 valence electrons. The molecule has 6 nitrogen and oxygen atoms in total. The van der Waals surface area contributed by atoms with E-state index in [4.69, 9.17) is 0 Å². The fourth-order valence-electron chi connectivity index (χ4n) is 2.40. The van der Waals surface area contributed by atoms with E-state index in [2.05, 4.69) is 32.2 Å². The quantitative estimate of drug-likeness (QED) is 0.258. The zero-order valence-corrected chi connectivity index (χ0v) is 18.7. The van der Waals surface area contributed by atoms with Crippen LogP contribution in [0.4, 0.5) is 23.2 Å². The number of hydrogen-bond donors (Lipinski definition) is 0. The van der Waals surface area contributed by atoms with Crippen molar-refractivity contribution in [1.82, 2.24) is 19.9 Å². The summed E-state index contributed by atoms with van der Waals surface area (Å²) in [7, 11) is 1.73. The molecule has 0 aliphatic carbocycles. The SMILES string of the molecule is CCc1ccnc(-c2[c-]cc(F)nc2F)c1.CN1C=NN(c2[c-]cc(F)nc2F)[CH-]1.[Ir+3]. The Hall–Kier alpha value is -2.91. The summed E-state index contributed by atoms with van der Waals surface area (Å²) in [4.78, 5) is 11.8. The summed E-state index contributed by atoms with van der Waals surface area (Å²) in [6, 6.07) is 10.5. The molecule has 1 aliphatic rings.